The van der Waals surface area contributed by atoms with E-state index in [-0.39, 0.29) is 31.3 Å². The maximum atomic E-state index is 14.1. The van der Waals surface area contributed by atoms with Crippen LogP contribution in [0.1, 0.15) is 58.2 Å². The maximum Gasteiger partial charge on any atom is 0.263 e. The number of rotatable bonds is 6. The highest BCUT2D eigenvalue weighted by Gasteiger charge is 2.22. The zero-order valence-electron chi connectivity index (χ0n) is 25.4. The molecule has 0 aliphatic rings. The van der Waals surface area contributed by atoms with Crippen LogP contribution < -0.4 is 9.44 Å². The van der Waals surface area contributed by atoms with E-state index in [2.05, 4.69) is 30.2 Å². The van der Waals surface area contributed by atoms with E-state index in [1.807, 2.05) is 45.9 Å². The Morgan fingerprint density at radius 2 is 1.12 bits per heavy atom. The smallest absolute Gasteiger partial charge is 0.263 e. The predicted octanol–water partition coefficient (Wildman–Crippen LogP) is 8.67. The molecule has 0 aliphatic carbocycles. The molecule has 0 aliphatic heterocycles. The van der Waals surface area contributed by atoms with Gasteiger partial charge in [-0.25, -0.2) is 21.2 Å². The number of benzene rings is 4. The van der Waals surface area contributed by atoms with Crippen LogP contribution in [0.15, 0.2) is 101 Å². The van der Waals surface area contributed by atoms with Crippen molar-refractivity contribution in [3.8, 4) is 0 Å². The molecule has 10 heteroatoms. The van der Waals surface area contributed by atoms with Crippen LogP contribution in [0.3, 0.4) is 0 Å². The van der Waals surface area contributed by atoms with Crippen molar-refractivity contribution < 1.29 is 21.2 Å². The fourth-order valence-corrected chi connectivity index (χ4v) is 7.08. The summed E-state index contributed by atoms with van der Waals surface area (Å²) in [5, 5.41) is 0.113. The third kappa shape index (κ3) is 9.05. The largest absolute Gasteiger partial charge is 0.280 e. The molecule has 0 radical (unpaired) electrons. The van der Waals surface area contributed by atoms with Crippen LogP contribution in [0.25, 0.3) is 0 Å². The normalized spacial score (nSPS) is 12.2. The van der Waals surface area contributed by atoms with E-state index < -0.39 is 25.9 Å². The van der Waals surface area contributed by atoms with Gasteiger partial charge in [0.25, 0.3) is 20.0 Å². The molecule has 230 valence electrons. The van der Waals surface area contributed by atoms with Gasteiger partial charge in [0.15, 0.2) is 0 Å². The van der Waals surface area contributed by atoms with E-state index in [0.717, 1.165) is 5.56 Å². The van der Waals surface area contributed by atoms with Gasteiger partial charge in [-0.05, 0) is 83.0 Å². The second-order valence-corrected chi connectivity index (χ2v) is 15.9. The van der Waals surface area contributed by atoms with E-state index in [1.54, 1.807) is 48.5 Å². The third-order valence-electron chi connectivity index (χ3n) is 6.50. The van der Waals surface area contributed by atoms with Crippen LogP contribution in [-0.4, -0.2) is 16.8 Å². The molecule has 0 unspecified atom stereocenters. The van der Waals surface area contributed by atoms with Gasteiger partial charge < -0.3 is 0 Å². The molecule has 6 nitrogen and oxygen atoms in total. The lowest BCUT2D eigenvalue weighted by Crippen LogP contribution is -2.16. The molecular formula is C33H38ClFN2O4S2. The van der Waals surface area contributed by atoms with E-state index in [9.17, 15) is 21.2 Å². The molecule has 0 aromatic heterocycles. The first-order valence-corrected chi connectivity index (χ1v) is 16.9. The molecule has 0 spiro atoms. The highest BCUT2D eigenvalue weighted by atomic mass is 35.5. The van der Waals surface area contributed by atoms with Crippen molar-refractivity contribution >= 4 is 43.0 Å². The molecular weight excluding hydrogens is 607 g/mol. The van der Waals surface area contributed by atoms with E-state index >= 15 is 0 Å². The van der Waals surface area contributed by atoms with Crippen molar-refractivity contribution in [2.45, 2.75) is 69.1 Å². The SMILES string of the molecule is CC(C)(C)c1ccc(NS(=O)(=O)c2ccccc2Cl)cc1F.Cc1cc(NS(=O)(=O)c2ccccc2)ccc1C(C)(C)C. The molecule has 43 heavy (non-hydrogen) atoms. The zero-order chi connectivity index (χ0) is 32.2. The quantitative estimate of drug-likeness (QED) is 0.220. The predicted molar refractivity (Wildman–Crippen MR) is 174 cm³/mol. The number of halogens is 2. The van der Waals surface area contributed by atoms with Crippen LogP contribution in [0.5, 0.6) is 0 Å². The summed E-state index contributed by atoms with van der Waals surface area (Å²) in [5.74, 6) is -0.452. The van der Waals surface area contributed by atoms with Crippen molar-refractivity contribution in [3.05, 3.63) is 119 Å². The Bertz CT molecular complexity index is 1800. The van der Waals surface area contributed by atoms with Gasteiger partial charge in [-0.1, -0.05) is 95.6 Å². The molecule has 0 saturated heterocycles. The summed E-state index contributed by atoms with van der Waals surface area (Å²) in [6, 6.07) is 24.4. The lowest BCUT2D eigenvalue weighted by molar-refractivity contribution is 0.523. The molecule has 0 fully saturated rings. The number of nitrogens with one attached hydrogen (secondary N) is 2. The lowest BCUT2D eigenvalue weighted by atomic mass is 9.84. The minimum atomic E-state index is -3.86. The van der Waals surface area contributed by atoms with Crippen LogP contribution in [-0.2, 0) is 30.9 Å². The summed E-state index contributed by atoms with van der Waals surface area (Å²) in [5.41, 5.74) is 3.24. The van der Waals surface area contributed by atoms with Gasteiger partial charge in [0.05, 0.1) is 15.6 Å². The topological polar surface area (TPSA) is 92.3 Å². The Morgan fingerprint density at radius 1 is 0.628 bits per heavy atom. The lowest BCUT2D eigenvalue weighted by Gasteiger charge is -2.22. The standard InChI is InChI=1S/C17H21NO2S.C16H17ClFNO2S/c1-13-12-14(10-11-16(13)17(2,3)4)18-21(19,20)15-8-6-5-7-9-15;1-16(2,3)12-9-8-11(10-14(12)18)19-22(20,21)15-7-5-4-6-13(15)17/h5-12,18H,1-4H3;4-10,19H,1-3H3. The van der Waals surface area contributed by atoms with Gasteiger partial charge >= 0.3 is 0 Å². The first-order chi connectivity index (χ1) is 19.8. The van der Waals surface area contributed by atoms with Crippen molar-refractivity contribution in [3.63, 3.8) is 0 Å². The number of hydrogen-bond acceptors (Lipinski definition) is 4. The average molecular weight is 645 g/mol. The maximum absolute atomic E-state index is 14.1. The highest BCUT2D eigenvalue weighted by Crippen LogP contribution is 2.30. The second-order valence-electron chi connectivity index (χ2n) is 12.2. The number of anilines is 2. The summed E-state index contributed by atoms with van der Waals surface area (Å²) < 4.78 is 68.3. The Hall–Kier alpha value is -3.40. The van der Waals surface area contributed by atoms with Crippen molar-refractivity contribution in [2.24, 2.45) is 0 Å². The Balaban J connectivity index is 0.000000236. The Kier molecular flexibility index (Phi) is 10.4. The molecule has 0 amide bonds. The highest BCUT2D eigenvalue weighted by molar-refractivity contribution is 7.93. The monoisotopic (exact) mass is 644 g/mol. The fourth-order valence-electron chi connectivity index (χ4n) is 4.44. The van der Waals surface area contributed by atoms with E-state index in [4.69, 9.17) is 11.6 Å². The molecule has 0 bridgehead atoms. The van der Waals surface area contributed by atoms with Crippen molar-refractivity contribution in [1.29, 1.82) is 0 Å². The minimum Gasteiger partial charge on any atom is -0.280 e. The number of hydrogen-bond donors (Lipinski definition) is 2. The average Bonchev–Trinajstić information content (AvgIpc) is 2.88. The van der Waals surface area contributed by atoms with Crippen molar-refractivity contribution in [1.82, 2.24) is 0 Å². The van der Waals surface area contributed by atoms with Gasteiger partial charge in [-0.3, -0.25) is 9.44 Å². The first kappa shape index (κ1) is 34.1. The van der Waals surface area contributed by atoms with Crippen LogP contribution in [0.4, 0.5) is 15.8 Å². The Labute approximate surface area is 260 Å². The molecule has 4 aromatic carbocycles. The fraction of sp³-hybridized carbons (Fsp3) is 0.273. The number of sulfonamides is 2. The summed E-state index contributed by atoms with van der Waals surface area (Å²) in [6.45, 7) is 14.1. The molecule has 4 rings (SSSR count). The summed E-state index contributed by atoms with van der Waals surface area (Å²) in [4.78, 5) is 0.222. The van der Waals surface area contributed by atoms with Gasteiger partial charge in [-0.2, -0.15) is 0 Å². The van der Waals surface area contributed by atoms with Gasteiger partial charge in [-0.15, -0.1) is 0 Å². The number of aryl methyl sites for hydroxylation is 1. The second kappa shape index (κ2) is 13.1. The van der Waals surface area contributed by atoms with Gasteiger partial charge in [0, 0.05) is 5.69 Å². The first-order valence-electron chi connectivity index (χ1n) is 13.6. The van der Waals surface area contributed by atoms with Crippen LogP contribution in [0.2, 0.25) is 5.02 Å². The van der Waals surface area contributed by atoms with E-state index in [0.29, 0.717) is 11.3 Å². The summed E-state index contributed by atoms with van der Waals surface area (Å²) >= 11 is 5.90. The van der Waals surface area contributed by atoms with E-state index in [1.165, 1.54) is 29.8 Å². The van der Waals surface area contributed by atoms with Crippen LogP contribution in [0, 0.1) is 12.7 Å². The third-order valence-corrected chi connectivity index (χ3v) is 9.77. The van der Waals surface area contributed by atoms with Crippen LogP contribution >= 0.6 is 11.6 Å². The Morgan fingerprint density at radius 3 is 1.63 bits per heavy atom. The minimum absolute atomic E-state index is 0.0426. The molecule has 0 atom stereocenters. The molecule has 2 N–H and O–H groups in total. The summed E-state index contributed by atoms with van der Waals surface area (Å²) in [6.07, 6.45) is 0. The molecule has 0 saturated carbocycles. The van der Waals surface area contributed by atoms with Crippen molar-refractivity contribution in [2.75, 3.05) is 9.44 Å². The molecule has 4 aromatic rings. The summed E-state index contributed by atoms with van der Waals surface area (Å²) in [7, 11) is -7.39. The van der Waals surface area contributed by atoms with Gasteiger partial charge in [0.1, 0.15) is 10.7 Å². The molecule has 0 heterocycles. The zero-order valence-corrected chi connectivity index (χ0v) is 27.8. The van der Waals surface area contributed by atoms with Gasteiger partial charge in [0.2, 0.25) is 0 Å².